The molecule has 1 aliphatic heterocycles. The summed E-state index contributed by atoms with van der Waals surface area (Å²) in [5.74, 6) is 0.304. The number of ether oxygens (including phenoxy) is 1. The molecule has 27 heavy (non-hydrogen) atoms. The molecule has 142 valence electrons. The molecule has 0 unspecified atom stereocenters. The summed E-state index contributed by atoms with van der Waals surface area (Å²) < 4.78 is 29.6. The molecule has 0 aliphatic carbocycles. The second kappa shape index (κ2) is 6.70. The van der Waals surface area contributed by atoms with Crippen LogP contribution in [0.1, 0.15) is 5.56 Å². The summed E-state index contributed by atoms with van der Waals surface area (Å²) in [6.07, 6.45) is 0. The summed E-state index contributed by atoms with van der Waals surface area (Å²) in [4.78, 5) is 15.3. The SMILES string of the molecule is Cc1ccc2c(=O)c3c(OP(C)(C)=O)cc(N4CCOCC4)cc3oc2c1. The molecule has 3 aromatic rings. The van der Waals surface area contributed by atoms with Crippen molar-refractivity contribution >= 4 is 35.0 Å². The first kappa shape index (κ1) is 18.1. The molecule has 0 saturated carbocycles. The first-order valence-electron chi connectivity index (χ1n) is 8.90. The number of hydrogen-bond donors (Lipinski definition) is 0. The van der Waals surface area contributed by atoms with Crippen molar-refractivity contribution in [3.63, 3.8) is 0 Å². The smallest absolute Gasteiger partial charge is 0.242 e. The Labute approximate surface area is 157 Å². The van der Waals surface area contributed by atoms with Crippen LogP contribution in [0.3, 0.4) is 0 Å². The fourth-order valence-corrected chi connectivity index (χ4v) is 3.97. The van der Waals surface area contributed by atoms with Crippen molar-refractivity contribution in [3.8, 4) is 5.75 Å². The topological polar surface area (TPSA) is 69.0 Å². The van der Waals surface area contributed by atoms with Gasteiger partial charge in [-0.1, -0.05) is 6.07 Å². The van der Waals surface area contributed by atoms with Crippen molar-refractivity contribution in [3.05, 3.63) is 46.1 Å². The lowest BCUT2D eigenvalue weighted by Crippen LogP contribution is -2.36. The number of morpholine rings is 1. The first-order valence-corrected chi connectivity index (χ1v) is 11.4. The Balaban J connectivity index is 2.01. The van der Waals surface area contributed by atoms with E-state index in [4.69, 9.17) is 13.7 Å². The summed E-state index contributed by atoms with van der Waals surface area (Å²) in [5.41, 5.74) is 2.67. The van der Waals surface area contributed by atoms with Crippen LogP contribution in [0.25, 0.3) is 21.9 Å². The van der Waals surface area contributed by atoms with E-state index in [-0.39, 0.29) is 5.43 Å². The number of benzene rings is 2. The minimum absolute atomic E-state index is 0.178. The molecule has 0 spiro atoms. The maximum Gasteiger partial charge on any atom is 0.242 e. The number of fused-ring (bicyclic) bond motifs is 2. The number of hydrogen-bond acceptors (Lipinski definition) is 6. The van der Waals surface area contributed by atoms with Crippen LogP contribution < -0.4 is 14.9 Å². The number of nitrogens with zero attached hydrogens (tertiary/aromatic N) is 1. The zero-order chi connectivity index (χ0) is 19.2. The molecular weight excluding hydrogens is 365 g/mol. The normalized spacial score (nSPS) is 15.4. The van der Waals surface area contributed by atoms with E-state index in [1.54, 1.807) is 12.1 Å². The lowest BCUT2D eigenvalue weighted by Gasteiger charge is -2.29. The van der Waals surface area contributed by atoms with Crippen molar-refractivity contribution < 1.29 is 18.2 Å². The van der Waals surface area contributed by atoms with Gasteiger partial charge in [-0.3, -0.25) is 9.36 Å². The summed E-state index contributed by atoms with van der Waals surface area (Å²) in [6.45, 7) is 7.76. The highest BCUT2D eigenvalue weighted by atomic mass is 31.2. The molecule has 7 heteroatoms. The van der Waals surface area contributed by atoms with Gasteiger partial charge in [-0.05, 0) is 24.6 Å². The van der Waals surface area contributed by atoms with E-state index < -0.39 is 7.37 Å². The molecule has 2 aromatic carbocycles. The molecule has 4 rings (SSSR count). The lowest BCUT2D eigenvalue weighted by molar-refractivity contribution is 0.122. The zero-order valence-electron chi connectivity index (χ0n) is 15.7. The maximum atomic E-state index is 13.1. The van der Waals surface area contributed by atoms with E-state index in [9.17, 15) is 9.36 Å². The molecular formula is C20H22NO5P. The second-order valence-electron chi connectivity index (χ2n) is 7.19. The Morgan fingerprint density at radius 2 is 1.81 bits per heavy atom. The van der Waals surface area contributed by atoms with Crippen molar-refractivity contribution in [1.82, 2.24) is 0 Å². The summed E-state index contributed by atoms with van der Waals surface area (Å²) in [6, 6.07) is 9.12. The van der Waals surface area contributed by atoms with Gasteiger partial charge < -0.3 is 18.6 Å². The second-order valence-corrected chi connectivity index (χ2v) is 9.88. The monoisotopic (exact) mass is 387 g/mol. The average molecular weight is 387 g/mol. The molecule has 2 heterocycles. The Bertz CT molecular complexity index is 1120. The molecule has 0 bridgehead atoms. The van der Waals surface area contributed by atoms with Gasteiger partial charge in [0, 0.05) is 44.2 Å². The molecule has 0 radical (unpaired) electrons. The Morgan fingerprint density at radius 1 is 1.07 bits per heavy atom. The van der Waals surface area contributed by atoms with Gasteiger partial charge in [0.25, 0.3) is 0 Å². The van der Waals surface area contributed by atoms with Gasteiger partial charge in [-0.25, -0.2) is 0 Å². The predicted molar refractivity (Wildman–Crippen MR) is 108 cm³/mol. The highest BCUT2D eigenvalue weighted by molar-refractivity contribution is 7.57. The quantitative estimate of drug-likeness (QED) is 0.500. The Hall–Kier alpha value is -2.30. The standard InChI is InChI=1S/C20H22NO5P/c1-13-4-5-15-16(10-13)25-17-11-14(21-6-8-24-9-7-21)12-18(19(17)20(15)22)26-27(2,3)23/h4-5,10-12H,6-9H2,1-3H3. The van der Waals surface area contributed by atoms with Crippen LogP contribution in [0.4, 0.5) is 5.69 Å². The largest absolute Gasteiger partial charge is 0.456 e. The fourth-order valence-electron chi connectivity index (χ4n) is 3.35. The molecule has 1 aromatic heterocycles. The van der Waals surface area contributed by atoms with Crippen molar-refractivity contribution in [2.75, 3.05) is 44.5 Å². The number of rotatable bonds is 3. The zero-order valence-corrected chi connectivity index (χ0v) is 16.5. The van der Waals surface area contributed by atoms with Crippen molar-refractivity contribution in [2.45, 2.75) is 6.92 Å². The van der Waals surface area contributed by atoms with Gasteiger partial charge in [0.15, 0.2) is 0 Å². The van der Waals surface area contributed by atoms with Gasteiger partial charge in [0.2, 0.25) is 12.8 Å². The average Bonchev–Trinajstić information content (AvgIpc) is 2.60. The van der Waals surface area contributed by atoms with Crippen molar-refractivity contribution in [1.29, 1.82) is 0 Å². The third kappa shape index (κ3) is 3.60. The molecule has 0 atom stereocenters. The van der Waals surface area contributed by atoms with Crippen LogP contribution in [0.5, 0.6) is 5.75 Å². The van der Waals surface area contributed by atoms with E-state index in [2.05, 4.69) is 4.90 Å². The molecule has 0 amide bonds. The molecule has 0 N–H and O–H groups in total. The highest BCUT2D eigenvalue weighted by Gasteiger charge is 2.21. The van der Waals surface area contributed by atoms with Gasteiger partial charge in [-0.2, -0.15) is 0 Å². The third-order valence-electron chi connectivity index (χ3n) is 4.57. The summed E-state index contributed by atoms with van der Waals surface area (Å²) >= 11 is 0. The van der Waals surface area contributed by atoms with Crippen LogP contribution in [-0.4, -0.2) is 39.6 Å². The molecule has 1 saturated heterocycles. The van der Waals surface area contributed by atoms with Gasteiger partial charge >= 0.3 is 0 Å². The maximum absolute atomic E-state index is 13.1. The van der Waals surface area contributed by atoms with Gasteiger partial charge in [-0.15, -0.1) is 0 Å². The Morgan fingerprint density at radius 3 is 2.52 bits per heavy atom. The van der Waals surface area contributed by atoms with Gasteiger partial charge in [0.05, 0.1) is 18.6 Å². The number of aryl methyl sites for hydroxylation is 1. The van der Waals surface area contributed by atoms with E-state index in [0.717, 1.165) is 24.3 Å². The van der Waals surface area contributed by atoms with Crippen LogP contribution in [0.2, 0.25) is 0 Å². The number of anilines is 1. The molecule has 6 nitrogen and oxygen atoms in total. The van der Waals surface area contributed by atoms with Crippen LogP contribution in [-0.2, 0) is 9.30 Å². The van der Waals surface area contributed by atoms with Crippen LogP contribution >= 0.6 is 7.37 Å². The van der Waals surface area contributed by atoms with Gasteiger partial charge in [0.1, 0.15) is 22.3 Å². The van der Waals surface area contributed by atoms with E-state index in [0.29, 0.717) is 40.9 Å². The Kier molecular flexibility index (Phi) is 4.49. The van der Waals surface area contributed by atoms with E-state index in [1.165, 1.54) is 13.3 Å². The summed E-state index contributed by atoms with van der Waals surface area (Å²) in [7, 11) is -2.86. The minimum atomic E-state index is -2.86. The van der Waals surface area contributed by atoms with E-state index in [1.807, 2.05) is 25.1 Å². The molecule has 1 fully saturated rings. The van der Waals surface area contributed by atoms with E-state index >= 15 is 0 Å². The molecule has 1 aliphatic rings. The lowest BCUT2D eigenvalue weighted by atomic mass is 10.1. The minimum Gasteiger partial charge on any atom is -0.456 e. The van der Waals surface area contributed by atoms with Crippen molar-refractivity contribution in [2.24, 2.45) is 0 Å². The first-order chi connectivity index (χ1) is 12.8. The van der Waals surface area contributed by atoms with Crippen LogP contribution in [0.15, 0.2) is 39.5 Å². The fraction of sp³-hybridized carbons (Fsp3) is 0.350. The predicted octanol–water partition coefficient (Wildman–Crippen LogP) is 4.01. The van der Waals surface area contributed by atoms with Crippen LogP contribution in [0, 0.1) is 6.92 Å². The third-order valence-corrected chi connectivity index (χ3v) is 5.21. The highest BCUT2D eigenvalue weighted by Crippen LogP contribution is 2.43. The summed E-state index contributed by atoms with van der Waals surface area (Å²) in [5, 5.41) is 0.811.